The van der Waals surface area contributed by atoms with E-state index in [0.29, 0.717) is 11.4 Å². The maximum Gasteiger partial charge on any atom is 0.353 e. The summed E-state index contributed by atoms with van der Waals surface area (Å²) in [4.78, 5) is 20.3. The number of hydrogen-bond donors (Lipinski definition) is 1. The van der Waals surface area contributed by atoms with Gasteiger partial charge in [-0.25, -0.2) is 9.97 Å². The van der Waals surface area contributed by atoms with Crippen LogP contribution in [0.25, 0.3) is 0 Å². The van der Waals surface area contributed by atoms with E-state index in [9.17, 15) is 10.1 Å². The lowest BCUT2D eigenvalue weighted by atomic mass is 10.3. The second-order valence-corrected chi connectivity index (χ2v) is 4.37. The highest BCUT2D eigenvalue weighted by molar-refractivity contribution is 5.76. The van der Waals surface area contributed by atoms with Crippen molar-refractivity contribution in [3.05, 3.63) is 40.7 Å². The Balaban J connectivity index is 2.49. The van der Waals surface area contributed by atoms with Crippen molar-refractivity contribution in [1.82, 2.24) is 9.97 Å². The summed E-state index contributed by atoms with van der Waals surface area (Å²) in [5, 5.41) is 14.2. The predicted molar refractivity (Wildman–Crippen MR) is 79.3 cm³/mol. The summed E-state index contributed by atoms with van der Waals surface area (Å²) in [5.74, 6) is 0.910. The van der Waals surface area contributed by atoms with Crippen molar-refractivity contribution < 1.29 is 9.66 Å². The van der Waals surface area contributed by atoms with Gasteiger partial charge in [0, 0.05) is 14.1 Å². The van der Waals surface area contributed by atoms with Gasteiger partial charge in [-0.1, -0.05) is 12.1 Å². The minimum Gasteiger partial charge on any atom is -0.495 e. The fourth-order valence-electron chi connectivity index (χ4n) is 1.83. The standard InChI is InChI=1S/C13H15N5O3/c1-17(2)13-11(18(19)20)12(14-8-15-13)16-9-6-4-5-7-10(9)21-3/h4-8H,1-3H3,(H,14,15,16). The fraction of sp³-hybridized carbons (Fsp3) is 0.231. The molecule has 0 saturated carbocycles. The van der Waals surface area contributed by atoms with Crippen LogP contribution in [-0.2, 0) is 0 Å². The number of aromatic nitrogens is 2. The van der Waals surface area contributed by atoms with Gasteiger partial charge in [-0.15, -0.1) is 0 Å². The number of methoxy groups -OCH3 is 1. The molecular formula is C13H15N5O3. The van der Waals surface area contributed by atoms with E-state index in [1.165, 1.54) is 13.4 Å². The van der Waals surface area contributed by atoms with Gasteiger partial charge in [0.15, 0.2) is 0 Å². The van der Waals surface area contributed by atoms with Crippen LogP contribution in [0.15, 0.2) is 30.6 Å². The zero-order valence-electron chi connectivity index (χ0n) is 11.9. The van der Waals surface area contributed by atoms with Crippen LogP contribution in [-0.4, -0.2) is 36.1 Å². The van der Waals surface area contributed by atoms with Gasteiger partial charge in [0.1, 0.15) is 12.1 Å². The average molecular weight is 289 g/mol. The van der Waals surface area contributed by atoms with E-state index in [-0.39, 0.29) is 17.3 Å². The van der Waals surface area contributed by atoms with Crippen LogP contribution in [0.5, 0.6) is 5.75 Å². The Kier molecular flexibility index (Phi) is 4.17. The third-order valence-corrected chi connectivity index (χ3v) is 2.77. The minimum absolute atomic E-state index is 0.114. The van der Waals surface area contributed by atoms with Crippen LogP contribution in [0.1, 0.15) is 0 Å². The maximum atomic E-state index is 11.3. The summed E-state index contributed by atoms with van der Waals surface area (Å²) >= 11 is 0. The second-order valence-electron chi connectivity index (χ2n) is 4.37. The summed E-state index contributed by atoms with van der Waals surface area (Å²) < 4.78 is 5.21. The van der Waals surface area contributed by atoms with Crippen LogP contribution in [0.4, 0.5) is 23.0 Å². The van der Waals surface area contributed by atoms with Gasteiger partial charge >= 0.3 is 5.69 Å². The quantitative estimate of drug-likeness (QED) is 0.666. The zero-order chi connectivity index (χ0) is 15.4. The normalized spacial score (nSPS) is 10.0. The molecule has 1 aromatic heterocycles. The average Bonchev–Trinajstić information content (AvgIpc) is 2.47. The molecule has 0 amide bonds. The SMILES string of the molecule is COc1ccccc1Nc1ncnc(N(C)C)c1[N+](=O)[O-]. The summed E-state index contributed by atoms with van der Waals surface area (Å²) in [5.41, 5.74) is 0.403. The Morgan fingerprint density at radius 2 is 2.00 bits per heavy atom. The third-order valence-electron chi connectivity index (χ3n) is 2.77. The molecular weight excluding hydrogens is 274 g/mol. The van der Waals surface area contributed by atoms with E-state index < -0.39 is 4.92 Å². The van der Waals surface area contributed by atoms with E-state index in [1.54, 1.807) is 37.2 Å². The van der Waals surface area contributed by atoms with Gasteiger partial charge in [-0.3, -0.25) is 10.1 Å². The van der Waals surface area contributed by atoms with E-state index >= 15 is 0 Å². The zero-order valence-corrected chi connectivity index (χ0v) is 11.9. The second kappa shape index (κ2) is 6.04. The molecule has 8 heteroatoms. The molecule has 0 bridgehead atoms. The highest BCUT2D eigenvalue weighted by Crippen LogP contribution is 2.34. The highest BCUT2D eigenvalue weighted by Gasteiger charge is 2.24. The first kappa shape index (κ1) is 14.5. The Hall–Kier alpha value is -2.90. The Labute approximate surface area is 121 Å². The van der Waals surface area contributed by atoms with Crippen molar-refractivity contribution in [2.24, 2.45) is 0 Å². The number of nitrogens with one attached hydrogen (secondary N) is 1. The van der Waals surface area contributed by atoms with Gasteiger partial charge in [-0.05, 0) is 12.1 Å². The molecule has 0 atom stereocenters. The Morgan fingerprint density at radius 1 is 1.29 bits per heavy atom. The molecule has 1 N–H and O–H groups in total. The van der Waals surface area contributed by atoms with Crippen molar-refractivity contribution in [3.63, 3.8) is 0 Å². The molecule has 0 fully saturated rings. The number of rotatable bonds is 5. The van der Waals surface area contributed by atoms with Crippen molar-refractivity contribution in [3.8, 4) is 5.75 Å². The van der Waals surface area contributed by atoms with E-state index in [4.69, 9.17) is 4.74 Å². The van der Waals surface area contributed by atoms with Crippen molar-refractivity contribution in [2.45, 2.75) is 0 Å². The van der Waals surface area contributed by atoms with Crippen molar-refractivity contribution in [1.29, 1.82) is 0 Å². The van der Waals surface area contributed by atoms with E-state index in [0.717, 1.165) is 0 Å². The Bertz CT molecular complexity index is 660. The van der Waals surface area contributed by atoms with Crippen LogP contribution in [0.2, 0.25) is 0 Å². The predicted octanol–water partition coefficient (Wildman–Crippen LogP) is 2.20. The van der Waals surface area contributed by atoms with Crippen molar-refractivity contribution in [2.75, 3.05) is 31.4 Å². The molecule has 0 aliphatic rings. The van der Waals surface area contributed by atoms with E-state index in [1.807, 2.05) is 6.07 Å². The molecule has 2 rings (SSSR count). The minimum atomic E-state index is -0.507. The number of nitrogens with zero attached hydrogens (tertiary/aromatic N) is 4. The van der Waals surface area contributed by atoms with Crippen LogP contribution >= 0.6 is 0 Å². The van der Waals surface area contributed by atoms with Gasteiger partial charge in [-0.2, -0.15) is 0 Å². The number of ether oxygens (including phenoxy) is 1. The van der Waals surface area contributed by atoms with Gasteiger partial charge < -0.3 is 15.0 Å². The lowest BCUT2D eigenvalue weighted by Crippen LogP contribution is -2.14. The van der Waals surface area contributed by atoms with Gasteiger partial charge in [0.25, 0.3) is 0 Å². The summed E-state index contributed by atoms with van der Waals surface area (Å²) in [6.07, 6.45) is 1.28. The molecule has 110 valence electrons. The molecule has 8 nitrogen and oxygen atoms in total. The van der Waals surface area contributed by atoms with Crippen LogP contribution in [0.3, 0.4) is 0 Å². The van der Waals surface area contributed by atoms with Gasteiger partial charge in [0.05, 0.1) is 17.7 Å². The molecule has 0 aliphatic carbocycles. The van der Waals surface area contributed by atoms with Gasteiger partial charge in [0.2, 0.25) is 11.6 Å². The lowest BCUT2D eigenvalue weighted by molar-refractivity contribution is -0.383. The number of nitro groups is 1. The topological polar surface area (TPSA) is 93.4 Å². The van der Waals surface area contributed by atoms with Crippen molar-refractivity contribution >= 4 is 23.0 Å². The first-order chi connectivity index (χ1) is 10.0. The molecule has 2 aromatic rings. The fourth-order valence-corrected chi connectivity index (χ4v) is 1.83. The maximum absolute atomic E-state index is 11.3. The number of anilines is 3. The van der Waals surface area contributed by atoms with E-state index in [2.05, 4.69) is 15.3 Å². The monoisotopic (exact) mass is 289 g/mol. The van der Waals surface area contributed by atoms with Crippen LogP contribution in [0, 0.1) is 10.1 Å². The summed E-state index contributed by atoms with van der Waals surface area (Å²) in [6.45, 7) is 0. The lowest BCUT2D eigenvalue weighted by Gasteiger charge is -2.14. The largest absolute Gasteiger partial charge is 0.495 e. The van der Waals surface area contributed by atoms with Crippen LogP contribution < -0.4 is 15.0 Å². The molecule has 0 unspecified atom stereocenters. The molecule has 21 heavy (non-hydrogen) atoms. The molecule has 1 heterocycles. The molecule has 0 radical (unpaired) electrons. The molecule has 1 aromatic carbocycles. The Morgan fingerprint density at radius 3 is 2.62 bits per heavy atom. The summed E-state index contributed by atoms with van der Waals surface area (Å²) in [6, 6.07) is 7.11. The number of para-hydroxylation sites is 2. The molecule has 0 saturated heterocycles. The molecule has 0 spiro atoms. The first-order valence-electron chi connectivity index (χ1n) is 6.11. The highest BCUT2D eigenvalue weighted by atomic mass is 16.6. The third kappa shape index (κ3) is 2.99. The first-order valence-corrected chi connectivity index (χ1v) is 6.11. The molecule has 0 aliphatic heterocycles. The smallest absolute Gasteiger partial charge is 0.353 e. The number of hydrogen-bond acceptors (Lipinski definition) is 7. The number of benzene rings is 1. The summed E-state index contributed by atoms with van der Waals surface area (Å²) in [7, 11) is 4.89.